The van der Waals surface area contributed by atoms with Gasteiger partial charge in [0.25, 0.3) is 11.1 Å². The minimum absolute atomic E-state index is 0.0603. The summed E-state index contributed by atoms with van der Waals surface area (Å²) >= 11 is 0. The predicted molar refractivity (Wildman–Crippen MR) is 147 cm³/mol. The first kappa shape index (κ1) is 26.8. The van der Waals surface area contributed by atoms with Crippen molar-refractivity contribution in [2.45, 2.75) is 67.6 Å². The van der Waals surface area contributed by atoms with E-state index in [1.807, 2.05) is 0 Å². The molecule has 3 fully saturated rings. The average Bonchev–Trinajstić information content (AvgIpc) is 3.53. The second-order valence-electron chi connectivity index (χ2n) is 11.3. The number of aromatic nitrogens is 11. The molecule has 1 saturated carbocycles. The van der Waals surface area contributed by atoms with E-state index in [4.69, 9.17) is 20.9 Å². The summed E-state index contributed by atoms with van der Waals surface area (Å²) in [5.41, 5.74) is 10.7. The van der Waals surface area contributed by atoms with Crippen LogP contribution >= 0.6 is 0 Å². The van der Waals surface area contributed by atoms with Crippen molar-refractivity contribution < 1.29 is 24.8 Å². The summed E-state index contributed by atoms with van der Waals surface area (Å²) in [4.78, 5) is 45.7. The highest BCUT2D eigenvalue weighted by molar-refractivity contribution is 5.71. The number of hydrogen-bond acceptors (Lipinski definition) is 15. The van der Waals surface area contributed by atoms with E-state index in [9.17, 15) is 24.9 Å². The highest BCUT2D eigenvalue weighted by Crippen LogP contribution is 2.62. The van der Waals surface area contributed by atoms with Crippen LogP contribution in [0.25, 0.3) is 22.3 Å². The molecule has 5 aromatic rings. The van der Waals surface area contributed by atoms with Gasteiger partial charge in [-0.15, -0.1) is 5.10 Å². The number of imidazole rings is 2. The summed E-state index contributed by atoms with van der Waals surface area (Å²) in [6, 6.07) is -0.786. The van der Waals surface area contributed by atoms with E-state index < -0.39 is 60.0 Å². The maximum Gasteiger partial charge on any atom is 0.280 e. The molecular formula is C24H27N13O7. The van der Waals surface area contributed by atoms with Gasteiger partial charge >= 0.3 is 0 Å². The number of nitrogens with zero attached hydrogens (tertiary/aromatic N) is 9. The summed E-state index contributed by atoms with van der Waals surface area (Å²) < 4.78 is 16.9. The third-order valence-electron chi connectivity index (χ3n) is 8.76. The van der Waals surface area contributed by atoms with Crippen LogP contribution in [0.1, 0.15) is 36.7 Å². The molecular weight excluding hydrogens is 582 g/mol. The Hall–Kier alpha value is -4.76. The van der Waals surface area contributed by atoms with Crippen LogP contribution in [0, 0.1) is 0 Å². The zero-order chi connectivity index (χ0) is 30.5. The predicted octanol–water partition coefficient (Wildman–Crippen LogP) is -3.12. The number of hydrogen-bond donors (Lipinski definition) is 7. The first-order valence-electron chi connectivity index (χ1n) is 13.8. The van der Waals surface area contributed by atoms with E-state index in [2.05, 4.69) is 40.2 Å². The Morgan fingerprint density at radius 2 is 1.73 bits per heavy atom. The van der Waals surface area contributed by atoms with Crippen molar-refractivity contribution in [3.63, 3.8) is 0 Å². The summed E-state index contributed by atoms with van der Waals surface area (Å²) in [5, 5.41) is 40.9. The van der Waals surface area contributed by atoms with Crippen molar-refractivity contribution in [2.24, 2.45) is 0 Å². The molecule has 20 nitrogen and oxygen atoms in total. The van der Waals surface area contributed by atoms with Crippen LogP contribution in [-0.4, -0.2) is 106 Å². The van der Waals surface area contributed by atoms with Gasteiger partial charge in [0.2, 0.25) is 11.9 Å². The van der Waals surface area contributed by atoms with E-state index in [0.29, 0.717) is 12.1 Å². The number of aromatic amines is 2. The Morgan fingerprint density at radius 1 is 1.02 bits per heavy atom. The molecule has 20 heteroatoms. The highest BCUT2D eigenvalue weighted by Gasteiger charge is 2.67. The number of nitrogens with one attached hydrogen (secondary N) is 2. The Morgan fingerprint density at radius 3 is 2.48 bits per heavy atom. The zero-order valence-corrected chi connectivity index (χ0v) is 22.8. The van der Waals surface area contributed by atoms with E-state index >= 15 is 0 Å². The molecule has 1 unspecified atom stereocenters. The Labute approximate surface area is 244 Å². The number of nitrogens with two attached hydrogens (primary N) is 2. The van der Waals surface area contributed by atoms with Crippen LogP contribution in [0.5, 0.6) is 0 Å². The lowest BCUT2D eigenvalue weighted by atomic mass is 10.0. The third-order valence-corrected chi connectivity index (χ3v) is 8.76. The second-order valence-corrected chi connectivity index (χ2v) is 11.3. The molecule has 230 valence electrons. The molecule has 9 N–H and O–H groups in total. The molecule has 8 atom stereocenters. The maximum absolute atomic E-state index is 12.2. The number of H-pyrrole nitrogens is 2. The number of ether oxygens (including phenoxy) is 2. The SMILES string of the molecule is Nc1nc2c(ncn2C[C@@H]2O[C@H](CO)[C@@H](n3cc([C@@H]4CC45O[C@@H](n4cnc6c(=O)[nH]c(N)nc64)C[C@@H]5O)nn3)[C@H]2O)c(=O)[nH]1. The Kier molecular flexibility index (Phi) is 5.71. The lowest BCUT2D eigenvalue weighted by molar-refractivity contribution is -0.0391. The Bertz CT molecular complexity index is 2030. The largest absolute Gasteiger partial charge is 0.394 e. The fourth-order valence-electron chi connectivity index (χ4n) is 6.56. The number of aliphatic hydroxyl groups is 3. The van der Waals surface area contributed by atoms with Gasteiger partial charge < -0.3 is 40.8 Å². The van der Waals surface area contributed by atoms with Gasteiger partial charge in [-0.25, -0.2) is 14.6 Å². The van der Waals surface area contributed by atoms with Crippen molar-refractivity contribution in [2.75, 3.05) is 18.1 Å². The van der Waals surface area contributed by atoms with Crippen LogP contribution in [0.15, 0.2) is 28.4 Å². The molecule has 1 spiro atoms. The molecule has 8 rings (SSSR count). The lowest BCUT2D eigenvalue weighted by Gasteiger charge is -2.19. The van der Waals surface area contributed by atoms with Crippen LogP contribution in [0.4, 0.5) is 11.9 Å². The molecule has 5 aromatic heterocycles. The van der Waals surface area contributed by atoms with Crippen molar-refractivity contribution >= 4 is 34.2 Å². The van der Waals surface area contributed by atoms with Gasteiger partial charge in [-0.3, -0.25) is 24.1 Å². The number of rotatable bonds is 6. The minimum atomic E-state index is -1.12. The molecule has 7 heterocycles. The molecule has 2 saturated heterocycles. The molecule has 44 heavy (non-hydrogen) atoms. The first-order chi connectivity index (χ1) is 21.2. The number of nitrogen functional groups attached to an aromatic ring is 2. The molecule has 3 aliphatic rings. The van der Waals surface area contributed by atoms with E-state index in [-0.39, 0.29) is 53.1 Å². The third kappa shape index (κ3) is 3.88. The number of fused-ring (bicyclic) bond motifs is 2. The van der Waals surface area contributed by atoms with Crippen molar-refractivity contribution in [1.82, 2.24) is 54.0 Å². The minimum Gasteiger partial charge on any atom is -0.394 e. The summed E-state index contributed by atoms with van der Waals surface area (Å²) in [7, 11) is 0. The summed E-state index contributed by atoms with van der Waals surface area (Å²) in [6.45, 7) is -0.329. The quantitative estimate of drug-likeness (QED) is 0.100. The fourth-order valence-corrected chi connectivity index (χ4v) is 6.56. The second kappa shape index (κ2) is 9.37. The first-order valence-corrected chi connectivity index (χ1v) is 13.8. The smallest absolute Gasteiger partial charge is 0.280 e. The van der Waals surface area contributed by atoms with Gasteiger partial charge in [-0.05, 0) is 6.42 Å². The molecule has 0 bridgehead atoms. The van der Waals surface area contributed by atoms with E-state index in [1.165, 1.54) is 17.3 Å². The van der Waals surface area contributed by atoms with Crippen molar-refractivity contribution in [3.05, 3.63) is 45.3 Å². The monoisotopic (exact) mass is 609 g/mol. The average molecular weight is 610 g/mol. The van der Waals surface area contributed by atoms with E-state index in [1.54, 1.807) is 15.3 Å². The van der Waals surface area contributed by atoms with Gasteiger partial charge in [0.05, 0.1) is 37.6 Å². The van der Waals surface area contributed by atoms with Gasteiger partial charge in [0.15, 0.2) is 22.3 Å². The molecule has 0 radical (unpaired) electrons. The fraction of sp³-hybridized carbons (Fsp3) is 0.500. The molecule has 0 amide bonds. The molecule has 1 aliphatic carbocycles. The topological polar surface area (TPSA) is 289 Å². The normalized spacial score (nSPS) is 31.6. The van der Waals surface area contributed by atoms with Gasteiger partial charge in [0, 0.05) is 18.5 Å². The molecule has 0 aromatic carbocycles. The van der Waals surface area contributed by atoms with Gasteiger partial charge in [0.1, 0.15) is 36.2 Å². The summed E-state index contributed by atoms with van der Waals surface area (Å²) in [6.07, 6.45) is 0.923. The van der Waals surface area contributed by atoms with Gasteiger partial charge in [-0.1, -0.05) is 5.21 Å². The van der Waals surface area contributed by atoms with Crippen LogP contribution < -0.4 is 22.6 Å². The lowest BCUT2D eigenvalue weighted by Crippen LogP contribution is -2.33. The Balaban J connectivity index is 1.01. The number of anilines is 2. The maximum atomic E-state index is 12.2. The van der Waals surface area contributed by atoms with Crippen LogP contribution in [-0.2, 0) is 16.0 Å². The zero-order valence-electron chi connectivity index (χ0n) is 22.8. The van der Waals surface area contributed by atoms with Crippen LogP contribution in [0.2, 0.25) is 0 Å². The summed E-state index contributed by atoms with van der Waals surface area (Å²) in [5.74, 6) is -0.439. The molecule has 2 aliphatic heterocycles. The van der Waals surface area contributed by atoms with E-state index in [0.717, 1.165) is 0 Å². The van der Waals surface area contributed by atoms with Crippen LogP contribution in [0.3, 0.4) is 0 Å². The highest BCUT2D eigenvalue weighted by atomic mass is 16.6. The van der Waals surface area contributed by atoms with Crippen molar-refractivity contribution in [1.29, 1.82) is 0 Å². The number of aliphatic hydroxyl groups excluding tert-OH is 3. The van der Waals surface area contributed by atoms with Gasteiger partial charge in [-0.2, -0.15) is 9.97 Å². The van der Waals surface area contributed by atoms with Crippen molar-refractivity contribution in [3.8, 4) is 0 Å². The standard InChI is InChI=1S/C24H27N13O7/c25-22-29-18-14(20(41)31-22)27-6-35(18)4-10-17(40)16(11(5-38)43-10)37-3-9(33-34-37)8-2-24(8)12(39)1-13(44-24)36-7-28-15-19(36)30-23(26)32-21(15)42/h3,6-8,10-13,16-17,38-40H,1-2,4-5H2,(H3,25,29,31,41)(H3,26,30,32,42)/t8-,10-,11+,12-,13+,16+,17-,24?/m0/s1.